The van der Waals surface area contributed by atoms with Gasteiger partial charge >= 0.3 is 0 Å². The predicted molar refractivity (Wildman–Crippen MR) is 87.0 cm³/mol. The molecule has 102 valence electrons. The second-order valence-corrected chi connectivity index (χ2v) is 6.34. The summed E-state index contributed by atoms with van der Waals surface area (Å²) in [6, 6.07) is 9.39. The number of halogens is 2. The number of benzene rings is 1. The third-order valence-corrected chi connectivity index (χ3v) is 4.26. The van der Waals surface area contributed by atoms with Crippen LogP contribution in [0.2, 0.25) is 9.36 Å². The first-order valence-electron chi connectivity index (χ1n) is 6.14. The van der Waals surface area contributed by atoms with E-state index in [2.05, 4.69) is 15.3 Å². The van der Waals surface area contributed by atoms with Crippen molar-refractivity contribution in [2.24, 2.45) is 0 Å². The van der Waals surface area contributed by atoms with E-state index >= 15 is 0 Å². The Balaban J connectivity index is 2.23. The molecule has 0 aliphatic heterocycles. The monoisotopic (exact) mass is 323 g/mol. The molecule has 2 aromatic heterocycles. The summed E-state index contributed by atoms with van der Waals surface area (Å²) in [6.07, 6.45) is 0. The van der Waals surface area contributed by atoms with E-state index in [4.69, 9.17) is 23.2 Å². The van der Waals surface area contributed by atoms with E-state index in [9.17, 15) is 0 Å². The Morgan fingerprint density at radius 3 is 2.70 bits per heavy atom. The zero-order valence-corrected chi connectivity index (χ0v) is 13.0. The van der Waals surface area contributed by atoms with Crippen LogP contribution in [0.1, 0.15) is 6.92 Å². The zero-order valence-electron chi connectivity index (χ0n) is 10.7. The van der Waals surface area contributed by atoms with Crippen molar-refractivity contribution in [1.29, 1.82) is 0 Å². The van der Waals surface area contributed by atoms with E-state index in [0.717, 1.165) is 32.5 Å². The number of thiophene rings is 1. The molecule has 3 rings (SSSR count). The Bertz CT molecular complexity index is 770. The maximum atomic E-state index is 6.05. The zero-order chi connectivity index (χ0) is 14.1. The van der Waals surface area contributed by atoms with Gasteiger partial charge in [-0.1, -0.05) is 23.2 Å². The van der Waals surface area contributed by atoms with Crippen molar-refractivity contribution >= 4 is 51.3 Å². The quantitative estimate of drug-likeness (QED) is 0.728. The SMILES string of the molecule is CCNc1nc(-c2ccc(Cl)s2)nc2cc(Cl)ccc12. The minimum atomic E-state index is 0.660. The summed E-state index contributed by atoms with van der Waals surface area (Å²) in [7, 11) is 0. The van der Waals surface area contributed by atoms with Gasteiger partial charge in [0.05, 0.1) is 14.7 Å². The van der Waals surface area contributed by atoms with E-state index in [-0.39, 0.29) is 0 Å². The summed E-state index contributed by atoms with van der Waals surface area (Å²) >= 11 is 13.5. The molecule has 0 saturated heterocycles. The van der Waals surface area contributed by atoms with Crippen LogP contribution in [-0.2, 0) is 0 Å². The van der Waals surface area contributed by atoms with Crippen LogP contribution in [-0.4, -0.2) is 16.5 Å². The van der Waals surface area contributed by atoms with Crippen molar-refractivity contribution in [3.05, 3.63) is 39.7 Å². The van der Waals surface area contributed by atoms with Crippen LogP contribution < -0.4 is 5.32 Å². The van der Waals surface area contributed by atoms with Crippen LogP contribution >= 0.6 is 34.5 Å². The summed E-state index contributed by atoms with van der Waals surface area (Å²) in [6.45, 7) is 2.82. The summed E-state index contributed by atoms with van der Waals surface area (Å²) < 4.78 is 0.722. The van der Waals surface area contributed by atoms with Crippen molar-refractivity contribution in [1.82, 2.24) is 9.97 Å². The average molecular weight is 324 g/mol. The van der Waals surface area contributed by atoms with Crippen molar-refractivity contribution in [2.45, 2.75) is 6.92 Å². The van der Waals surface area contributed by atoms with Crippen LogP contribution in [0.5, 0.6) is 0 Å². The van der Waals surface area contributed by atoms with Crippen molar-refractivity contribution in [3.63, 3.8) is 0 Å². The molecule has 0 fully saturated rings. The molecule has 3 nitrogen and oxygen atoms in total. The van der Waals surface area contributed by atoms with Crippen LogP contribution in [0.3, 0.4) is 0 Å². The van der Waals surface area contributed by atoms with Gasteiger partial charge in [0.1, 0.15) is 5.82 Å². The molecule has 0 unspecified atom stereocenters. The number of hydrogen-bond donors (Lipinski definition) is 1. The van der Waals surface area contributed by atoms with Gasteiger partial charge in [0.2, 0.25) is 0 Å². The van der Waals surface area contributed by atoms with Crippen LogP contribution in [0.25, 0.3) is 21.6 Å². The highest BCUT2D eigenvalue weighted by atomic mass is 35.5. The summed E-state index contributed by atoms with van der Waals surface area (Å²) in [5.74, 6) is 1.47. The topological polar surface area (TPSA) is 37.8 Å². The number of nitrogens with zero attached hydrogens (tertiary/aromatic N) is 2. The Labute approximate surface area is 130 Å². The molecule has 1 aromatic carbocycles. The smallest absolute Gasteiger partial charge is 0.172 e. The van der Waals surface area contributed by atoms with E-state index in [0.29, 0.717) is 10.8 Å². The summed E-state index contributed by atoms with van der Waals surface area (Å²) in [4.78, 5) is 10.1. The van der Waals surface area contributed by atoms with Gasteiger partial charge in [-0.15, -0.1) is 11.3 Å². The molecule has 3 aromatic rings. The minimum Gasteiger partial charge on any atom is -0.370 e. The van der Waals surface area contributed by atoms with E-state index in [1.54, 1.807) is 0 Å². The second kappa shape index (κ2) is 5.56. The van der Waals surface area contributed by atoms with E-state index < -0.39 is 0 Å². The minimum absolute atomic E-state index is 0.660. The Hall–Kier alpha value is -1.36. The molecule has 0 atom stereocenters. The summed E-state index contributed by atoms with van der Waals surface area (Å²) in [5, 5.41) is 4.89. The van der Waals surface area contributed by atoms with Gasteiger partial charge in [-0.05, 0) is 37.3 Å². The molecule has 20 heavy (non-hydrogen) atoms. The Kier molecular flexibility index (Phi) is 3.78. The van der Waals surface area contributed by atoms with E-state index in [1.807, 2.05) is 37.3 Å². The normalized spacial score (nSPS) is 10.9. The second-order valence-electron chi connectivity index (χ2n) is 4.19. The number of nitrogens with one attached hydrogen (secondary N) is 1. The number of hydrogen-bond acceptors (Lipinski definition) is 4. The van der Waals surface area contributed by atoms with Gasteiger partial charge < -0.3 is 5.32 Å². The fourth-order valence-electron chi connectivity index (χ4n) is 1.95. The Morgan fingerprint density at radius 2 is 2.00 bits per heavy atom. The van der Waals surface area contributed by atoms with Gasteiger partial charge in [0, 0.05) is 17.0 Å². The molecule has 2 heterocycles. The lowest BCUT2D eigenvalue weighted by molar-refractivity contribution is 1.15. The van der Waals surface area contributed by atoms with Gasteiger partial charge in [0.25, 0.3) is 0 Å². The lowest BCUT2D eigenvalue weighted by Gasteiger charge is -2.09. The first-order valence-corrected chi connectivity index (χ1v) is 7.71. The third kappa shape index (κ3) is 2.59. The maximum absolute atomic E-state index is 6.05. The van der Waals surface area contributed by atoms with Crippen LogP contribution in [0.4, 0.5) is 5.82 Å². The van der Waals surface area contributed by atoms with Crippen molar-refractivity contribution < 1.29 is 0 Å². The van der Waals surface area contributed by atoms with Crippen molar-refractivity contribution in [3.8, 4) is 10.7 Å². The first-order chi connectivity index (χ1) is 9.67. The van der Waals surface area contributed by atoms with E-state index in [1.165, 1.54) is 11.3 Å². The lowest BCUT2D eigenvalue weighted by Crippen LogP contribution is -2.02. The van der Waals surface area contributed by atoms with Crippen molar-refractivity contribution in [2.75, 3.05) is 11.9 Å². The largest absolute Gasteiger partial charge is 0.370 e. The highest BCUT2D eigenvalue weighted by molar-refractivity contribution is 7.19. The number of anilines is 1. The highest BCUT2D eigenvalue weighted by Crippen LogP contribution is 2.32. The molecule has 1 N–H and O–H groups in total. The molecular formula is C14H11Cl2N3S. The van der Waals surface area contributed by atoms with Gasteiger partial charge in [-0.25, -0.2) is 9.97 Å². The molecule has 0 spiro atoms. The standard InChI is InChI=1S/C14H11Cl2N3S/c1-2-17-13-9-4-3-8(15)7-10(9)18-14(19-13)11-5-6-12(16)20-11/h3-7H,2H2,1H3,(H,17,18,19). The number of rotatable bonds is 3. The van der Waals surface area contributed by atoms with Crippen LogP contribution in [0.15, 0.2) is 30.3 Å². The first kappa shape index (κ1) is 13.6. The molecule has 0 bridgehead atoms. The maximum Gasteiger partial charge on any atom is 0.172 e. The third-order valence-electron chi connectivity index (χ3n) is 2.80. The molecule has 0 aliphatic rings. The summed E-state index contributed by atoms with van der Waals surface area (Å²) in [5.41, 5.74) is 0.822. The van der Waals surface area contributed by atoms with Gasteiger partial charge in [-0.2, -0.15) is 0 Å². The molecule has 0 aliphatic carbocycles. The molecular weight excluding hydrogens is 313 g/mol. The Morgan fingerprint density at radius 1 is 1.15 bits per heavy atom. The van der Waals surface area contributed by atoms with Gasteiger partial charge in [-0.3, -0.25) is 0 Å². The fraction of sp³-hybridized carbons (Fsp3) is 0.143. The fourth-order valence-corrected chi connectivity index (χ4v) is 3.09. The highest BCUT2D eigenvalue weighted by Gasteiger charge is 2.11. The van der Waals surface area contributed by atoms with Crippen LogP contribution in [0, 0.1) is 0 Å². The lowest BCUT2D eigenvalue weighted by atomic mass is 10.2. The molecule has 0 saturated carbocycles. The number of aromatic nitrogens is 2. The molecule has 6 heteroatoms. The predicted octanol–water partition coefficient (Wildman–Crippen LogP) is 5.10. The van der Waals surface area contributed by atoms with Gasteiger partial charge in [0.15, 0.2) is 5.82 Å². The average Bonchev–Trinajstić information content (AvgIpc) is 2.85. The molecule has 0 radical (unpaired) electrons. The number of fused-ring (bicyclic) bond motifs is 1. The molecule has 0 amide bonds.